The first-order valence-corrected chi connectivity index (χ1v) is 4.00. The Morgan fingerprint density at radius 2 is 2.08 bits per heavy atom. The molecule has 0 aliphatic carbocycles. The molecular weight excluding hydrogens is 206 g/mol. The quantitative estimate of drug-likeness (QED) is 0.579. The maximum atomic E-state index is 5.70. The van der Waals surface area contributed by atoms with Crippen LogP contribution in [0.1, 0.15) is 11.1 Å². The minimum atomic E-state index is 0. The van der Waals surface area contributed by atoms with Crippen molar-refractivity contribution in [3.8, 4) is 0 Å². The van der Waals surface area contributed by atoms with Crippen molar-refractivity contribution in [2.75, 3.05) is 12.8 Å². The number of hydrogen-bond donors (Lipinski definition) is 1. The van der Waals surface area contributed by atoms with Crippen molar-refractivity contribution in [3.05, 3.63) is 29.3 Å². The molecule has 0 aliphatic rings. The molecule has 13 heavy (non-hydrogen) atoms. The highest BCUT2D eigenvalue weighted by Crippen LogP contribution is 2.14. The van der Waals surface area contributed by atoms with E-state index in [0.717, 1.165) is 11.1 Å². The molecule has 2 N–H and O–H groups in total. The van der Waals surface area contributed by atoms with E-state index in [1.807, 2.05) is 25.1 Å². The lowest BCUT2D eigenvalue weighted by Crippen LogP contribution is -2.04. The molecule has 0 unspecified atom stereocenters. The molecule has 2 nitrogen and oxygen atoms in total. The second-order valence-electron chi connectivity index (χ2n) is 2.58. The van der Waals surface area contributed by atoms with Crippen LogP contribution in [-0.2, 0) is 4.74 Å². The van der Waals surface area contributed by atoms with Gasteiger partial charge in [-0.3, -0.25) is 0 Å². The van der Waals surface area contributed by atoms with E-state index >= 15 is 0 Å². The number of rotatable bonds is 1. The fourth-order valence-electron chi connectivity index (χ4n) is 0.957. The van der Waals surface area contributed by atoms with Crippen LogP contribution in [0.25, 0.3) is 0 Å². The van der Waals surface area contributed by atoms with Crippen molar-refractivity contribution in [2.24, 2.45) is 0 Å². The zero-order valence-corrected chi connectivity index (χ0v) is 9.17. The molecule has 0 radical (unpaired) electrons. The summed E-state index contributed by atoms with van der Waals surface area (Å²) >= 11 is 4.97. The Morgan fingerprint density at radius 1 is 1.46 bits per heavy atom. The average Bonchev–Trinajstić information content (AvgIpc) is 2.08. The van der Waals surface area contributed by atoms with Crippen molar-refractivity contribution >= 4 is 35.4 Å². The Balaban J connectivity index is 0.00000144. The first kappa shape index (κ1) is 12.2. The number of thiocarbonyl (C=S) groups is 1. The maximum absolute atomic E-state index is 5.70. The van der Waals surface area contributed by atoms with E-state index < -0.39 is 0 Å². The predicted octanol–water partition coefficient (Wildman–Crippen LogP) is 2.32. The van der Waals surface area contributed by atoms with Gasteiger partial charge in [-0.15, -0.1) is 12.4 Å². The molecule has 1 rings (SSSR count). The molecule has 4 heteroatoms. The lowest BCUT2D eigenvalue weighted by Gasteiger charge is -2.06. The van der Waals surface area contributed by atoms with Gasteiger partial charge in [0.15, 0.2) is 5.05 Å². The normalized spacial score (nSPS) is 8.77. The third-order valence-corrected chi connectivity index (χ3v) is 2.00. The summed E-state index contributed by atoms with van der Waals surface area (Å²) in [5.41, 5.74) is 8.28. The smallest absolute Gasteiger partial charge is 0.192 e. The van der Waals surface area contributed by atoms with Crippen LogP contribution in [0.5, 0.6) is 0 Å². The molecule has 0 amide bonds. The third kappa shape index (κ3) is 2.86. The summed E-state index contributed by atoms with van der Waals surface area (Å²) in [6.45, 7) is 1.99. The van der Waals surface area contributed by atoms with E-state index in [4.69, 9.17) is 22.7 Å². The van der Waals surface area contributed by atoms with Gasteiger partial charge in [0.05, 0.1) is 12.7 Å². The van der Waals surface area contributed by atoms with E-state index in [0.29, 0.717) is 10.7 Å². The van der Waals surface area contributed by atoms with Gasteiger partial charge in [-0.05, 0) is 31.3 Å². The van der Waals surface area contributed by atoms with Crippen LogP contribution in [0.2, 0.25) is 0 Å². The molecule has 1 aromatic carbocycles. The van der Waals surface area contributed by atoms with Gasteiger partial charge in [-0.25, -0.2) is 0 Å². The number of benzene rings is 1. The monoisotopic (exact) mass is 217 g/mol. The van der Waals surface area contributed by atoms with Crippen molar-refractivity contribution in [1.82, 2.24) is 0 Å². The summed E-state index contributed by atoms with van der Waals surface area (Å²) in [5.74, 6) is 0. The van der Waals surface area contributed by atoms with Crippen LogP contribution in [0.15, 0.2) is 18.2 Å². The fourth-order valence-corrected chi connectivity index (χ4v) is 1.13. The van der Waals surface area contributed by atoms with Gasteiger partial charge >= 0.3 is 0 Å². The molecular formula is C9H12ClNOS. The number of aryl methyl sites for hydroxylation is 1. The number of nitrogens with two attached hydrogens (primary N) is 1. The van der Waals surface area contributed by atoms with E-state index in [9.17, 15) is 0 Å². The molecule has 0 fully saturated rings. The lowest BCUT2D eigenvalue weighted by molar-refractivity contribution is 0.416. The molecule has 1 aromatic rings. The second kappa shape index (κ2) is 5.04. The van der Waals surface area contributed by atoms with Crippen molar-refractivity contribution in [2.45, 2.75) is 6.92 Å². The Bertz CT molecular complexity index is 314. The van der Waals surface area contributed by atoms with Gasteiger partial charge in [0.25, 0.3) is 0 Å². The minimum absolute atomic E-state index is 0. The first-order chi connectivity index (χ1) is 5.65. The largest absolute Gasteiger partial charge is 0.486 e. The molecule has 0 bridgehead atoms. The fraction of sp³-hybridized carbons (Fsp3) is 0.222. The van der Waals surface area contributed by atoms with Crippen molar-refractivity contribution in [3.63, 3.8) is 0 Å². The van der Waals surface area contributed by atoms with Gasteiger partial charge in [-0.2, -0.15) is 0 Å². The second-order valence-corrected chi connectivity index (χ2v) is 2.95. The van der Waals surface area contributed by atoms with Gasteiger partial charge in [0, 0.05) is 5.69 Å². The Kier molecular flexibility index (Phi) is 4.73. The molecule has 0 spiro atoms. The van der Waals surface area contributed by atoms with E-state index in [1.165, 1.54) is 0 Å². The predicted molar refractivity (Wildman–Crippen MR) is 61.5 cm³/mol. The molecule has 0 heterocycles. The zero-order chi connectivity index (χ0) is 9.14. The van der Waals surface area contributed by atoms with Gasteiger partial charge in [0.1, 0.15) is 0 Å². The maximum Gasteiger partial charge on any atom is 0.192 e. The standard InChI is InChI=1S/C9H11NOS.ClH/c1-6-3-4-8(10)7(5-6)9(12)11-2;/h3-5H,10H2,1-2H3;1H. The molecule has 0 aromatic heterocycles. The van der Waals surface area contributed by atoms with Crippen LogP contribution >= 0.6 is 24.6 Å². The van der Waals surface area contributed by atoms with Crippen LogP contribution in [0, 0.1) is 6.92 Å². The van der Waals surface area contributed by atoms with Crippen molar-refractivity contribution in [1.29, 1.82) is 0 Å². The van der Waals surface area contributed by atoms with Crippen LogP contribution in [0.3, 0.4) is 0 Å². The molecule has 0 atom stereocenters. The number of anilines is 1. The highest BCUT2D eigenvalue weighted by Gasteiger charge is 2.04. The van der Waals surface area contributed by atoms with Crippen LogP contribution < -0.4 is 5.73 Å². The summed E-state index contributed by atoms with van der Waals surface area (Å²) in [4.78, 5) is 0. The summed E-state index contributed by atoms with van der Waals surface area (Å²) in [6.07, 6.45) is 0. The van der Waals surface area contributed by atoms with Crippen molar-refractivity contribution < 1.29 is 4.74 Å². The summed E-state index contributed by atoms with van der Waals surface area (Å²) in [6, 6.07) is 5.69. The topological polar surface area (TPSA) is 35.2 Å². The SMILES string of the molecule is COC(=S)c1cc(C)ccc1N.Cl. The molecule has 0 aliphatic heterocycles. The van der Waals surface area contributed by atoms with E-state index in [1.54, 1.807) is 7.11 Å². The third-order valence-electron chi connectivity index (χ3n) is 1.61. The highest BCUT2D eigenvalue weighted by molar-refractivity contribution is 7.80. The number of halogens is 1. The Labute approximate surface area is 89.5 Å². The lowest BCUT2D eigenvalue weighted by atomic mass is 10.1. The molecule has 0 saturated heterocycles. The summed E-state index contributed by atoms with van der Waals surface area (Å²) in [7, 11) is 1.55. The number of nitrogen functional groups attached to an aromatic ring is 1. The van der Waals surface area contributed by atoms with Crippen LogP contribution in [0.4, 0.5) is 5.69 Å². The van der Waals surface area contributed by atoms with Gasteiger partial charge in [0.2, 0.25) is 0 Å². The summed E-state index contributed by atoms with van der Waals surface area (Å²) in [5, 5.41) is 0.441. The molecule has 72 valence electrons. The van der Waals surface area contributed by atoms with Gasteiger partial charge < -0.3 is 10.5 Å². The van der Waals surface area contributed by atoms with Crippen LogP contribution in [-0.4, -0.2) is 12.2 Å². The average molecular weight is 218 g/mol. The van der Waals surface area contributed by atoms with Gasteiger partial charge in [-0.1, -0.05) is 11.6 Å². The van der Waals surface area contributed by atoms with E-state index in [2.05, 4.69) is 0 Å². The number of hydrogen-bond acceptors (Lipinski definition) is 3. The number of ether oxygens (including phenoxy) is 1. The summed E-state index contributed by atoms with van der Waals surface area (Å²) < 4.78 is 4.92. The molecule has 0 saturated carbocycles. The minimum Gasteiger partial charge on any atom is -0.486 e. The zero-order valence-electron chi connectivity index (χ0n) is 7.53. The Morgan fingerprint density at radius 3 is 2.62 bits per heavy atom. The Hall–Kier alpha value is -0.800. The highest BCUT2D eigenvalue weighted by atomic mass is 35.5. The first-order valence-electron chi connectivity index (χ1n) is 3.59. The van der Waals surface area contributed by atoms with E-state index in [-0.39, 0.29) is 12.4 Å². The number of methoxy groups -OCH3 is 1.